The molecule has 0 amide bonds. The van der Waals surface area contributed by atoms with Crippen LogP contribution in [0.2, 0.25) is 5.02 Å². The van der Waals surface area contributed by atoms with E-state index in [1.54, 1.807) is 0 Å². The lowest BCUT2D eigenvalue weighted by atomic mass is 10.1. The molecule has 2 aromatic rings. The zero-order valence-corrected chi connectivity index (χ0v) is 14.6. The largest absolute Gasteiger partial charge is 0.355 e. The molecule has 5 heteroatoms. The molecule has 1 aromatic carbocycles. The monoisotopic (exact) mass is 332 g/mol. The predicted octanol–water partition coefficient (Wildman–Crippen LogP) is 3.80. The molecule has 0 saturated carbocycles. The van der Waals surface area contributed by atoms with E-state index < -0.39 is 0 Å². The highest BCUT2D eigenvalue weighted by atomic mass is 35.5. The zero-order chi connectivity index (χ0) is 17.1. The number of benzene rings is 1. The Kier molecular flexibility index (Phi) is 5.39. The number of nitrogens with zero attached hydrogens (tertiary/aromatic N) is 1. The summed E-state index contributed by atoms with van der Waals surface area (Å²) < 4.78 is 0. The number of aryl methyl sites for hydroxylation is 1. The quantitative estimate of drug-likeness (QED) is 0.818. The first-order valence-corrected chi connectivity index (χ1v) is 7.84. The van der Waals surface area contributed by atoms with Crippen LogP contribution in [-0.4, -0.2) is 35.0 Å². The summed E-state index contributed by atoms with van der Waals surface area (Å²) in [6, 6.07) is 7.59. The van der Waals surface area contributed by atoms with Gasteiger partial charge in [0.1, 0.15) is 0 Å². The number of halogens is 1. The maximum atomic E-state index is 12.5. The lowest BCUT2D eigenvalue weighted by molar-refractivity contribution is 0.0938. The Morgan fingerprint density at radius 1 is 1.22 bits per heavy atom. The van der Waals surface area contributed by atoms with Crippen LogP contribution >= 0.6 is 11.6 Å². The second-order valence-corrected chi connectivity index (χ2v) is 6.28. The molecule has 0 aliphatic carbocycles. The van der Waals surface area contributed by atoms with Gasteiger partial charge in [-0.25, -0.2) is 0 Å². The van der Waals surface area contributed by atoms with Crippen LogP contribution in [0.4, 0.5) is 0 Å². The van der Waals surface area contributed by atoms with Crippen molar-refractivity contribution in [3.8, 4) is 0 Å². The van der Waals surface area contributed by atoms with Crippen molar-refractivity contribution in [3.63, 3.8) is 0 Å². The highest BCUT2D eigenvalue weighted by molar-refractivity contribution is 6.31. The van der Waals surface area contributed by atoms with E-state index in [4.69, 9.17) is 11.6 Å². The first-order chi connectivity index (χ1) is 10.8. The second kappa shape index (κ2) is 7.11. The predicted molar refractivity (Wildman–Crippen MR) is 92.4 cm³/mol. The molecule has 0 spiro atoms. The van der Waals surface area contributed by atoms with E-state index in [2.05, 4.69) is 4.98 Å². The van der Waals surface area contributed by atoms with Crippen LogP contribution in [0.3, 0.4) is 0 Å². The standard InChI is InChI=1S/C18H21ClN2O2/c1-11-17(13(3)22)12(2)20-18(11)16(23)10-21(4)9-14-7-5-6-8-15(14)19/h5-8,20H,9-10H2,1-4H3. The van der Waals surface area contributed by atoms with Gasteiger partial charge in [0.05, 0.1) is 12.2 Å². The number of likely N-dealkylation sites (N-methyl/N-ethyl adjacent to an activating group) is 1. The summed E-state index contributed by atoms with van der Waals surface area (Å²) in [5, 5.41) is 0.692. The fourth-order valence-corrected chi connectivity index (χ4v) is 3.05. The summed E-state index contributed by atoms with van der Waals surface area (Å²) in [7, 11) is 1.87. The molecule has 1 aromatic heterocycles. The van der Waals surface area contributed by atoms with Crippen molar-refractivity contribution in [2.75, 3.05) is 13.6 Å². The fourth-order valence-electron chi connectivity index (χ4n) is 2.85. The molecule has 0 unspecified atom stereocenters. The number of aromatic amines is 1. The van der Waals surface area contributed by atoms with Gasteiger partial charge in [0.25, 0.3) is 0 Å². The summed E-state index contributed by atoms with van der Waals surface area (Å²) in [6.07, 6.45) is 0. The third kappa shape index (κ3) is 3.89. The summed E-state index contributed by atoms with van der Waals surface area (Å²) in [6.45, 7) is 5.98. The number of hydrogen-bond donors (Lipinski definition) is 1. The molecule has 0 atom stereocenters. The Balaban J connectivity index is 2.12. The van der Waals surface area contributed by atoms with Gasteiger partial charge >= 0.3 is 0 Å². The highest BCUT2D eigenvalue weighted by Crippen LogP contribution is 2.20. The third-order valence-corrected chi connectivity index (χ3v) is 4.25. The van der Waals surface area contributed by atoms with Gasteiger partial charge in [-0.05, 0) is 45.0 Å². The van der Waals surface area contributed by atoms with Crippen LogP contribution in [0.25, 0.3) is 0 Å². The number of H-pyrrole nitrogens is 1. The number of hydrogen-bond acceptors (Lipinski definition) is 3. The Morgan fingerprint density at radius 3 is 2.43 bits per heavy atom. The van der Waals surface area contributed by atoms with E-state index in [-0.39, 0.29) is 18.1 Å². The van der Waals surface area contributed by atoms with Gasteiger partial charge in [-0.15, -0.1) is 0 Å². The van der Waals surface area contributed by atoms with Gasteiger partial charge in [-0.1, -0.05) is 29.8 Å². The molecule has 0 fully saturated rings. The van der Waals surface area contributed by atoms with E-state index in [0.717, 1.165) is 16.8 Å². The van der Waals surface area contributed by atoms with E-state index in [0.29, 0.717) is 22.8 Å². The van der Waals surface area contributed by atoms with Crippen molar-refractivity contribution in [1.82, 2.24) is 9.88 Å². The second-order valence-electron chi connectivity index (χ2n) is 5.87. The first-order valence-electron chi connectivity index (χ1n) is 7.46. The van der Waals surface area contributed by atoms with Crippen LogP contribution in [-0.2, 0) is 6.54 Å². The maximum absolute atomic E-state index is 12.5. The average Bonchev–Trinajstić information content (AvgIpc) is 2.76. The van der Waals surface area contributed by atoms with Crippen molar-refractivity contribution in [3.05, 3.63) is 57.4 Å². The number of ketones is 2. The van der Waals surface area contributed by atoms with Crippen LogP contribution in [0.15, 0.2) is 24.3 Å². The molecule has 2 rings (SSSR count). The average molecular weight is 333 g/mol. The van der Waals surface area contributed by atoms with Crippen molar-refractivity contribution >= 4 is 23.2 Å². The van der Waals surface area contributed by atoms with E-state index in [1.165, 1.54) is 6.92 Å². The lowest BCUT2D eigenvalue weighted by Gasteiger charge is -2.16. The molecule has 23 heavy (non-hydrogen) atoms. The minimum atomic E-state index is -0.0346. The Labute approximate surface area is 141 Å². The Hall–Kier alpha value is -1.91. The lowest BCUT2D eigenvalue weighted by Crippen LogP contribution is -2.26. The third-order valence-electron chi connectivity index (χ3n) is 3.88. The minimum Gasteiger partial charge on any atom is -0.355 e. The Morgan fingerprint density at radius 2 is 1.87 bits per heavy atom. The van der Waals surface area contributed by atoms with Gasteiger partial charge in [0.15, 0.2) is 11.6 Å². The number of carbonyl (C=O) groups is 2. The van der Waals surface area contributed by atoms with Gasteiger partial charge < -0.3 is 4.98 Å². The molecule has 1 N–H and O–H groups in total. The van der Waals surface area contributed by atoms with Gasteiger partial charge in [-0.3, -0.25) is 14.5 Å². The zero-order valence-electron chi connectivity index (χ0n) is 13.9. The van der Waals surface area contributed by atoms with Crippen molar-refractivity contribution in [2.24, 2.45) is 0 Å². The smallest absolute Gasteiger partial charge is 0.193 e. The molecular weight excluding hydrogens is 312 g/mol. The van der Waals surface area contributed by atoms with E-state index in [9.17, 15) is 9.59 Å². The normalized spacial score (nSPS) is 11.0. The number of Topliss-reactive ketones (excluding diaryl/α,β-unsaturated/α-hetero) is 2. The molecule has 0 aliphatic rings. The van der Waals surface area contributed by atoms with E-state index in [1.807, 2.05) is 50.1 Å². The molecule has 0 radical (unpaired) electrons. The van der Waals surface area contributed by atoms with Gasteiger partial charge in [0, 0.05) is 22.8 Å². The highest BCUT2D eigenvalue weighted by Gasteiger charge is 2.20. The summed E-state index contributed by atoms with van der Waals surface area (Å²) in [5.74, 6) is -0.0626. The number of rotatable bonds is 6. The summed E-state index contributed by atoms with van der Waals surface area (Å²) in [4.78, 5) is 29.2. The van der Waals surface area contributed by atoms with Crippen molar-refractivity contribution in [2.45, 2.75) is 27.3 Å². The SMILES string of the molecule is CC(=O)c1c(C)[nH]c(C(=O)CN(C)Cc2ccccc2Cl)c1C. The Bertz CT molecular complexity index is 749. The van der Waals surface area contributed by atoms with Crippen LogP contribution in [0.1, 0.15) is 44.6 Å². The first kappa shape index (κ1) is 17.4. The van der Waals surface area contributed by atoms with Crippen molar-refractivity contribution in [1.29, 1.82) is 0 Å². The minimum absolute atomic E-state index is 0.0280. The fraction of sp³-hybridized carbons (Fsp3) is 0.333. The molecule has 1 heterocycles. The van der Waals surface area contributed by atoms with Gasteiger partial charge in [-0.2, -0.15) is 0 Å². The number of nitrogens with one attached hydrogen (secondary N) is 1. The number of aromatic nitrogens is 1. The van der Waals surface area contributed by atoms with Crippen LogP contribution < -0.4 is 0 Å². The topological polar surface area (TPSA) is 53.2 Å². The van der Waals surface area contributed by atoms with E-state index >= 15 is 0 Å². The maximum Gasteiger partial charge on any atom is 0.193 e. The molecule has 0 aliphatic heterocycles. The van der Waals surface area contributed by atoms with Crippen LogP contribution in [0, 0.1) is 13.8 Å². The molecule has 4 nitrogen and oxygen atoms in total. The molecule has 0 saturated heterocycles. The molecule has 122 valence electrons. The van der Waals surface area contributed by atoms with Gasteiger partial charge in [0.2, 0.25) is 0 Å². The summed E-state index contributed by atoms with van der Waals surface area (Å²) in [5.41, 5.74) is 3.58. The molecule has 0 bridgehead atoms. The van der Waals surface area contributed by atoms with Crippen molar-refractivity contribution < 1.29 is 9.59 Å². The van der Waals surface area contributed by atoms with Crippen LogP contribution in [0.5, 0.6) is 0 Å². The molecular formula is C18H21ClN2O2. The number of carbonyl (C=O) groups excluding carboxylic acids is 2. The summed E-state index contributed by atoms with van der Waals surface area (Å²) >= 11 is 6.15.